The van der Waals surface area contributed by atoms with Gasteiger partial charge in [-0.2, -0.15) is 0 Å². The van der Waals surface area contributed by atoms with Crippen LogP contribution in [-0.2, 0) is 5.75 Å². The van der Waals surface area contributed by atoms with E-state index in [1.165, 1.54) is 25.7 Å². The minimum absolute atomic E-state index is 0.547. The number of thioether (sulfide) groups is 1. The molecule has 2 atom stereocenters. The third kappa shape index (κ3) is 3.31. The molecule has 0 spiro atoms. The molecule has 0 amide bonds. The topological polar surface area (TPSA) is 56.7 Å². The molecule has 0 N–H and O–H groups in total. The first-order chi connectivity index (χ1) is 10.1. The van der Waals surface area contributed by atoms with Crippen LogP contribution in [0.5, 0.6) is 0 Å². The van der Waals surface area contributed by atoms with Crippen LogP contribution in [0.2, 0.25) is 0 Å². The third-order valence-corrected chi connectivity index (χ3v) is 5.11. The second-order valence-corrected chi connectivity index (χ2v) is 6.99. The lowest BCUT2D eigenvalue weighted by atomic mass is 9.87. The highest BCUT2D eigenvalue weighted by atomic mass is 32.2. The normalized spacial score (nSPS) is 22.6. The van der Waals surface area contributed by atoms with Gasteiger partial charge < -0.3 is 9.09 Å². The SMILES string of the molecule is Cc1cc(CSc2nnc(C)n2[C@@H]2CCC[C@@H](C)C2)no1. The predicted octanol–water partition coefficient (Wildman–Crippen LogP) is 3.93. The summed E-state index contributed by atoms with van der Waals surface area (Å²) in [5.41, 5.74) is 0.960. The van der Waals surface area contributed by atoms with Crippen LogP contribution in [0.4, 0.5) is 0 Å². The first-order valence-corrected chi connectivity index (χ1v) is 8.58. The number of rotatable bonds is 4. The Morgan fingerprint density at radius 1 is 1.33 bits per heavy atom. The van der Waals surface area contributed by atoms with Crippen LogP contribution in [0.3, 0.4) is 0 Å². The van der Waals surface area contributed by atoms with Crippen molar-refractivity contribution < 1.29 is 4.52 Å². The van der Waals surface area contributed by atoms with Crippen molar-refractivity contribution in [2.24, 2.45) is 5.92 Å². The maximum Gasteiger partial charge on any atom is 0.191 e. The van der Waals surface area contributed by atoms with E-state index in [0.29, 0.717) is 6.04 Å². The Hall–Kier alpha value is -1.30. The van der Waals surface area contributed by atoms with Crippen LogP contribution < -0.4 is 0 Å². The monoisotopic (exact) mass is 306 g/mol. The average Bonchev–Trinajstić information content (AvgIpc) is 3.02. The summed E-state index contributed by atoms with van der Waals surface area (Å²) in [7, 11) is 0. The summed E-state index contributed by atoms with van der Waals surface area (Å²) in [6.07, 6.45) is 5.11. The van der Waals surface area contributed by atoms with E-state index in [-0.39, 0.29) is 0 Å². The zero-order chi connectivity index (χ0) is 14.8. The van der Waals surface area contributed by atoms with E-state index >= 15 is 0 Å². The summed E-state index contributed by atoms with van der Waals surface area (Å²) < 4.78 is 7.44. The number of hydrogen-bond acceptors (Lipinski definition) is 5. The van der Waals surface area contributed by atoms with Crippen molar-refractivity contribution in [1.82, 2.24) is 19.9 Å². The summed E-state index contributed by atoms with van der Waals surface area (Å²) in [6, 6.07) is 2.52. The predicted molar refractivity (Wildman–Crippen MR) is 82.2 cm³/mol. The molecule has 6 heteroatoms. The van der Waals surface area contributed by atoms with E-state index in [9.17, 15) is 0 Å². The Bertz CT molecular complexity index is 607. The van der Waals surface area contributed by atoms with Crippen LogP contribution in [0.15, 0.2) is 15.7 Å². The van der Waals surface area contributed by atoms with Gasteiger partial charge in [-0.3, -0.25) is 0 Å². The molecule has 2 aromatic heterocycles. The molecule has 0 saturated heterocycles. The Morgan fingerprint density at radius 3 is 2.90 bits per heavy atom. The number of hydrogen-bond donors (Lipinski definition) is 0. The number of aromatic nitrogens is 4. The molecular weight excluding hydrogens is 284 g/mol. The molecule has 21 heavy (non-hydrogen) atoms. The second-order valence-electron chi connectivity index (χ2n) is 6.04. The Kier molecular flexibility index (Phi) is 4.33. The molecule has 2 heterocycles. The van der Waals surface area contributed by atoms with E-state index in [4.69, 9.17) is 4.52 Å². The molecule has 3 rings (SSSR count). The molecule has 5 nitrogen and oxygen atoms in total. The molecule has 0 bridgehead atoms. The smallest absolute Gasteiger partial charge is 0.191 e. The second kappa shape index (κ2) is 6.22. The van der Waals surface area contributed by atoms with Crippen molar-refractivity contribution in [3.63, 3.8) is 0 Å². The highest BCUT2D eigenvalue weighted by molar-refractivity contribution is 7.98. The average molecular weight is 306 g/mol. The number of aryl methyl sites for hydroxylation is 2. The van der Waals surface area contributed by atoms with Crippen molar-refractivity contribution >= 4 is 11.8 Å². The van der Waals surface area contributed by atoms with Crippen molar-refractivity contribution in [2.75, 3.05) is 0 Å². The molecule has 1 aliphatic rings. The maximum atomic E-state index is 5.11. The number of nitrogens with zero attached hydrogens (tertiary/aromatic N) is 4. The lowest BCUT2D eigenvalue weighted by Gasteiger charge is -2.29. The van der Waals surface area contributed by atoms with E-state index in [2.05, 4.69) is 33.8 Å². The van der Waals surface area contributed by atoms with E-state index in [0.717, 1.165) is 34.1 Å². The fourth-order valence-electron chi connectivity index (χ4n) is 3.13. The fourth-order valence-corrected chi connectivity index (χ4v) is 4.06. The molecule has 114 valence electrons. The summed E-state index contributed by atoms with van der Waals surface area (Å²) >= 11 is 1.70. The van der Waals surface area contributed by atoms with Gasteiger partial charge in [-0.15, -0.1) is 10.2 Å². The first kappa shape index (κ1) is 14.6. The van der Waals surface area contributed by atoms with Gasteiger partial charge in [0.1, 0.15) is 11.6 Å². The molecular formula is C15H22N4OS. The van der Waals surface area contributed by atoms with Gasteiger partial charge in [-0.1, -0.05) is 36.7 Å². The molecule has 0 aliphatic heterocycles. The van der Waals surface area contributed by atoms with E-state index in [1.807, 2.05) is 13.0 Å². The highest BCUT2D eigenvalue weighted by Gasteiger charge is 2.24. The summed E-state index contributed by atoms with van der Waals surface area (Å²) in [5, 5.41) is 13.7. The van der Waals surface area contributed by atoms with Crippen LogP contribution in [0.1, 0.15) is 55.9 Å². The lowest BCUT2D eigenvalue weighted by molar-refractivity contribution is 0.268. The van der Waals surface area contributed by atoms with Gasteiger partial charge >= 0.3 is 0 Å². The maximum absolute atomic E-state index is 5.11. The molecule has 0 radical (unpaired) electrons. The van der Waals surface area contributed by atoms with Gasteiger partial charge in [-0.25, -0.2) is 0 Å². The zero-order valence-electron chi connectivity index (χ0n) is 12.9. The molecule has 2 aromatic rings. The van der Waals surface area contributed by atoms with Gasteiger partial charge in [0.15, 0.2) is 5.16 Å². The van der Waals surface area contributed by atoms with Gasteiger partial charge in [0, 0.05) is 17.9 Å². The largest absolute Gasteiger partial charge is 0.361 e. The Labute approximate surface area is 129 Å². The van der Waals surface area contributed by atoms with Gasteiger partial charge in [0.05, 0.1) is 5.69 Å². The first-order valence-electron chi connectivity index (χ1n) is 7.60. The van der Waals surface area contributed by atoms with E-state index < -0.39 is 0 Å². The highest BCUT2D eigenvalue weighted by Crippen LogP contribution is 2.35. The molecule has 0 unspecified atom stereocenters. The van der Waals surface area contributed by atoms with Crippen molar-refractivity contribution in [3.05, 3.63) is 23.3 Å². The van der Waals surface area contributed by atoms with Crippen molar-refractivity contribution in [1.29, 1.82) is 0 Å². The molecule has 0 aromatic carbocycles. The molecule has 1 fully saturated rings. The van der Waals surface area contributed by atoms with E-state index in [1.54, 1.807) is 11.8 Å². The van der Waals surface area contributed by atoms with Gasteiger partial charge in [0.2, 0.25) is 0 Å². The van der Waals surface area contributed by atoms with Gasteiger partial charge in [-0.05, 0) is 32.6 Å². The minimum atomic E-state index is 0.547. The van der Waals surface area contributed by atoms with Crippen molar-refractivity contribution in [3.8, 4) is 0 Å². The zero-order valence-corrected chi connectivity index (χ0v) is 13.7. The Balaban J connectivity index is 1.73. The third-order valence-electron chi connectivity index (χ3n) is 4.13. The van der Waals surface area contributed by atoms with Gasteiger partial charge in [0.25, 0.3) is 0 Å². The fraction of sp³-hybridized carbons (Fsp3) is 0.667. The standard InChI is InChI=1S/C15H22N4OS/c1-10-5-4-6-14(7-10)19-12(3)16-17-15(19)21-9-13-8-11(2)20-18-13/h8,10,14H,4-7,9H2,1-3H3/t10-,14-/m1/s1. The summed E-state index contributed by atoms with van der Waals surface area (Å²) in [5.74, 6) is 3.44. The lowest BCUT2D eigenvalue weighted by Crippen LogP contribution is -2.19. The molecule has 1 aliphatic carbocycles. The Morgan fingerprint density at radius 2 is 2.19 bits per heavy atom. The van der Waals surface area contributed by atoms with Crippen LogP contribution in [0, 0.1) is 19.8 Å². The minimum Gasteiger partial charge on any atom is -0.361 e. The summed E-state index contributed by atoms with van der Waals surface area (Å²) in [4.78, 5) is 0. The molecule has 1 saturated carbocycles. The quantitative estimate of drug-likeness (QED) is 0.801. The van der Waals surface area contributed by atoms with Crippen LogP contribution >= 0.6 is 11.8 Å². The van der Waals surface area contributed by atoms with Crippen molar-refractivity contribution in [2.45, 2.75) is 63.4 Å². The summed E-state index contributed by atoms with van der Waals surface area (Å²) in [6.45, 7) is 6.31. The van der Waals surface area contributed by atoms with Crippen LogP contribution in [0.25, 0.3) is 0 Å². The van der Waals surface area contributed by atoms with Crippen LogP contribution in [-0.4, -0.2) is 19.9 Å².